The SMILES string of the molecule is COCCSCC(C)(CO)NC(C)C. The Kier molecular flexibility index (Phi) is 7.64. The molecule has 1 atom stereocenters. The molecule has 0 saturated carbocycles. The summed E-state index contributed by atoms with van der Waals surface area (Å²) in [6.07, 6.45) is 0. The molecule has 2 N–H and O–H groups in total. The average molecular weight is 221 g/mol. The highest BCUT2D eigenvalue weighted by atomic mass is 32.2. The van der Waals surface area contributed by atoms with Crippen molar-refractivity contribution < 1.29 is 9.84 Å². The zero-order chi connectivity index (χ0) is 11.0. The number of hydrogen-bond donors (Lipinski definition) is 2. The van der Waals surface area contributed by atoms with E-state index in [1.165, 1.54) is 0 Å². The Morgan fingerprint density at radius 3 is 2.57 bits per heavy atom. The fourth-order valence-electron chi connectivity index (χ4n) is 1.27. The Balaban J connectivity index is 3.75. The minimum absolute atomic E-state index is 0.172. The van der Waals surface area contributed by atoms with Gasteiger partial charge in [-0.1, -0.05) is 13.8 Å². The van der Waals surface area contributed by atoms with E-state index in [9.17, 15) is 5.11 Å². The van der Waals surface area contributed by atoms with Gasteiger partial charge in [-0.3, -0.25) is 0 Å². The van der Waals surface area contributed by atoms with Crippen LogP contribution in [0.15, 0.2) is 0 Å². The van der Waals surface area contributed by atoms with E-state index in [4.69, 9.17) is 4.74 Å². The predicted octanol–water partition coefficient (Wildman–Crippen LogP) is 1.12. The number of aliphatic hydroxyl groups excluding tert-OH is 1. The van der Waals surface area contributed by atoms with Crippen molar-refractivity contribution in [1.29, 1.82) is 0 Å². The molecule has 3 nitrogen and oxygen atoms in total. The second-order valence-corrected chi connectivity index (χ2v) is 5.17. The maximum absolute atomic E-state index is 9.28. The molecule has 86 valence electrons. The molecule has 0 aliphatic rings. The lowest BCUT2D eigenvalue weighted by Crippen LogP contribution is -2.51. The van der Waals surface area contributed by atoms with Gasteiger partial charge in [0.25, 0.3) is 0 Å². The highest BCUT2D eigenvalue weighted by molar-refractivity contribution is 7.99. The topological polar surface area (TPSA) is 41.5 Å². The molecule has 0 aromatic heterocycles. The van der Waals surface area contributed by atoms with Crippen molar-refractivity contribution in [2.24, 2.45) is 0 Å². The van der Waals surface area contributed by atoms with E-state index in [0.717, 1.165) is 18.1 Å². The average Bonchev–Trinajstić information content (AvgIpc) is 2.11. The van der Waals surface area contributed by atoms with Crippen molar-refractivity contribution in [2.75, 3.05) is 31.8 Å². The molecule has 0 saturated heterocycles. The van der Waals surface area contributed by atoms with Crippen molar-refractivity contribution >= 4 is 11.8 Å². The zero-order valence-corrected chi connectivity index (χ0v) is 10.5. The van der Waals surface area contributed by atoms with Crippen LogP contribution in [0.1, 0.15) is 20.8 Å². The molecule has 0 radical (unpaired) electrons. The second-order valence-electron chi connectivity index (χ2n) is 4.06. The lowest BCUT2D eigenvalue weighted by atomic mass is 10.1. The molecule has 0 rings (SSSR count). The zero-order valence-electron chi connectivity index (χ0n) is 9.67. The van der Waals surface area contributed by atoms with E-state index >= 15 is 0 Å². The first-order chi connectivity index (χ1) is 6.54. The van der Waals surface area contributed by atoms with Gasteiger partial charge in [0.2, 0.25) is 0 Å². The van der Waals surface area contributed by atoms with Gasteiger partial charge in [-0.25, -0.2) is 0 Å². The third kappa shape index (κ3) is 6.65. The van der Waals surface area contributed by atoms with Crippen LogP contribution in [-0.4, -0.2) is 48.5 Å². The first-order valence-corrected chi connectivity index (χ1v) is 6.15. The summed E-state index contributed by atoms with van der Waals surface area (Å²) in [6, 6.07) is 0.398. The third-order valence-corrected chi connectivity index (χ3v) is 3.14. The van der Waals surface area contributed by atoms with Gasteiger partial charge in [0.05, 0.1) is 13.2 Å². The second kappa shape index (κ2) is 7.51. The minimum atomic E-state index is -0.174. The van der Waals surface area contributed by atoms with Crippen LogP contribution in [0.2, 0.25) is 0 Å². The molecule has 0 spiro atoms. The van der Waals surface area contributed by atoms with Crippen LogP contribution < -0.4 is 5.32 Å². The van der Waals surface area contributed by atoms with Gasteiger partial charge < -0.3 is 15.2 Å². The number of nitrogens with one attached hydrogen (secondary N) is 1. The number of ether oxygens (including phenoxy) is 1. The summed E-state index contributed by atoms with van der Waals surface area (Å²) < 4.78 is 4.97. The van der Waals surface area contributed by atoms with Gasteiger partial charge in [0.1, 0.15) is 0 Å². The summed E-state index contributed by atoms with van der Waals surface area (Å²) in [4.78, 5) is 0. The van der Waals surface area contributed by atoms with E-state index in [-0.39, 0.29) is 12.1 Å². The number of aliphatic hydroxyl groups is 1. The van der Waals surface area contributed by atoms with Crippen LogP contribution in [0.4, 0.5) is 0 Å². The summed E-state index contributed by atoms with van der Waals surface area (Å²) in [6.45, 7) is 7.17. The highest BCUT2D eigenvalue weighted by Crippen LogP contribution is 2.13. The predicted molar refractivity (Wildman–Crippen MR) is 63.0 cm³/mol. The van der Waals surface area contributed by atoms with Crippen LogP contribution in [0.5, 0.6) is 0 Å². The maximum Gasteiger partial charge on any atom is 0.0618 e. The Morgan fingerprint density at radius 2 is 2.14 bits per heavy atom. The number of thioether (sulfide) groups is 1. The monoisotopic (exact) mass is 221 g/mol. The van der Waals surface area contributed by atoms with E-state index < -0.39 is 0 Å². The lowest BCUT2D eigenvalue weighted by Gasteiger charge is -2.30. The van der Waals surface area contributed by atoms with Gasteiger partial charge in [0, 0.05) is 30.2 Å². The molecule has 0 fully saturated rings. The molecular formula is C10H23NO2S. The van der Waals surface area contributed by atoms with E-state index in [0.29, 0.717) is 6.04 Å². The van der Waals surface area contributed by atoms with E-state index in [1.54, 1.807) is 18.9 Å². The fraction of sp³-hybridized carbons (Fsp3) is 1.00. The van der Waals surface area contributed by atoms with E-state index in [2.05, 4.69) is 19.2 Å². The molecule has 4 heteroatoms. The molecule has 0 amide bonds. The van der Waals surface area contributed by atoms with Crippen LogP contribution in [-0.2, 0) is 4.74 Å². The van der Waals surface area contributed by atoms with Gasteiger partial charge >= 0.3 is 0 Å². The van der Waals surface area contributed by atoms with Crippen molar-refractivity contribution in [3.8, 4) is 0 Å². The molecule has 14 heavy (non-hydrogen) atoms. The maximum atomic E-state index is 9.28. The van der Waals surface area contributed by atoms with Gasteiger partial charge in [-0.05, 0) is 6.92 Å². The molecular weight excluding hydrogens is 198 g/mol. The summed E-state index contributed by atoms with van der Waals surface area (Å²) >= 11 is 1.80. The third-order valence-electron chi connectivity index (χ3n) is 1.84. The number of hydrogen-bond acceptors (Lipinski definition) is 4. The van der Waals surface area contributed by atoms with Crippen molar-refractivity contribution in [2.45, 2.75) is 32.4 Å². The fourth-order valence-corrected chi connectivity index (χ4v) is 2.32. The van der Waals surface area contributed by atoms with Crippen LogP contribution in [0.25, 0.3) is 0 Å². The van der Waals surface area contributed by atoms with Gasteiger partial charge in [0.15, 0.2) is 0 Å². The van der Waals surface area contributed by atoms with E-state index in [1.807, 2.05) is 6.92 Å². The van der Waals surface area contributed by atoms with Crippen molar-refractivity contribution in [3.05, 3.63) is 0 Å². The number of methoxy groups -OCH3 is 1. The largest absolute Gasteiger partial charge is 0.394 e. The summed E-state index contributed by atoms with van der Waals surface area (Å²) in [5.74, 6) is 1.89. The lowest BCUT2D eigenvalue weighted by molar-refractivity contribution is 0.183. The van der Waals surface area contributed by atoms with Gasteiger partial charge in [-0.2, -0.15) is 11.8 Å². The molecule has 0 aliphatic heterocycles. The smallest absolute Gasteiger partial charge is 0.0618 e. The molecule has 0 heterocycles. The first-order valence-electron chi connectivity index (χ1n) is 4.99. The Morgan fingerprint density at radius 1 is 1.50 bits per heavy atom. The quantitative estimate of drug-likeness (QED) is 0.603. The number of rotatable bonds is 8. The summed E-state index contributed by atoms with van der Waals surface area (Å²) in [5, 5.41) is 12.7. The molecule has 1 unspecified atom stereocenters. The van der Waals surface area contributed by atoms with Crippen LogP contribution in [0.3, 0.4) is 0 Å². The molecule has 0 aromatic rings. The molecule has 0 bridgehead atoms. The summed E-state index contributed by atoms with van der Waals surface area (Å²) in [5.41, 5.74) is -0.174. The highest BCUT2D eigenvalue weighted by Gasteiger charge is 2.23. The minimum Gasteiger partial charge on any atom is -0.394 e. The summed E-state index contributed by atoms with van der Waals surface area (Å²) in [7, 11) is 1.71. The standard InChI is InChI=1S/C10H23NO2S/c1-9(2)11-10(3,7-12)8-14-6-5-13-4/h9,11-12H,5-8H2,1-4H3. The van der Waals surface area contributed by atoms with Crippen LogP contribution >= 0.6 is 11.8 Å². The first kappa shape index (κ1) is 14.2. The molecule has 0 aliphatic carbocycles. The normalized spacial score (nSPS) is 15.9. The van der Waals surface area contributed by atoms with Gasteiger partial charge in [-0.15, -0.1) is 0 Å². The molecule has 0 aromatic carbocycles. The van der Waals surface area contributed by atoms with Crippen molar-refractivity contribution in [1.82, 2.24) is 5.32 Å². The van der Waals surface area contributed by atoms with Crippen molar-refractivity contribution in [3.63, 3.8) is 0 Å². The van der Waals surface area contributed by atoms with Crippen LogP contribution in [0, 0.1) is 0 Å². The Bertz CT molecular complexity index is 144. The Hall–Kier alpha value is 0.230. The Labute approximate surface area is 91.6 Å².